The number of ketones is 1. The zero-order chi connectivity index (χ0) is 36.8. The SMILES string of the molecule is CC(=O)N[C@@H](CCc1ccccc1)C(=O)N[C@@H](CC(C)C)C(=O)N[C@@H](COC(=O)CN1CCCCC1)C(=O)N[C@@H](CC(C)C)C(=O)[C@@]1(C)CO1. The molecule has 0 saturated carbocycles. The van der Waals surface area contributed by atoms with Crippen molar-refractivity contribution in [2.75, 3.05) is 32.8 Å². The number of likely N-dealkylation sites (tertiary alicyclic amines) is 1. The molecule has 278 valence electrons. The quantitative estimate of drug-likeness (QED) is 0.117. The van der Waals surface area contributed by atoms with Gasteiger partial charge in [0, 0.05) is 6.92 Å². The van der Waals surface area contributed by atoms with Crippen LogP contribution in [0.15, 0.2) is 30.3 Å². The van der Waals surface area contributed by atoms with Gasteiger partial charge in [0.15, 0.2) is 5.78 Å². The zero-order valence-electron chi connectivity index (χ0n) is 30.5. The monoisotopic (exact) mass is 699 g/mol. The molecule has 0 bridgehead atoms. The molecule has 4 N–H and O–H groups in total. The largest absolute Gasteiger partial charge is 0.462 e. The molecule has 2 heterocycles. The van der Waals surface area contributed by atoms with Gasteiger partial charge >= 0.3 is 5.97 Å². The van der Waals surface area contributed by atoms with E-state index < -0.39 is 60.1 Å². The molecule has 13 heteroatoms. The first-order valence-electron chi connectivity index (χ1n) is 17.9. The topological polar surface area (TPSA) is 176 Å². The van der Waals surface area contributed by atoms with Crippen LogP contribution < -0.4 is 21.3 Å². The van der Waals surface area contributed by atoms with Crippen molar-refractivity contribution in [3.8, 4) is 0 Å². The minimum absolute atomic E-state index is 0.0310. The highest BCUT2D eigenvalue weighted by molar-refractivity contribution is 5.98. The fraction of sp³-hybridized carbons (Fsp3) is 0.676. The van der Waals surface area contributed by atoms with Crippen LogP contribution in [0.2, 0.25) is 0 Å². The van der Waals surface area contributed by atoms with Crippen LogP contribution in [0.4, 0.5) is 0 Å². The summed E-state index contributed by atoms with van der Waals surface area (Å²) < 4.78 is 10.9. The van der Waals surface area contributed by atoms with Gasteiger partial charge in [-0.25, -0.2) is 0 Å². The molecule has 2 aliphatic heterocycles. The Kier molecular flexibility index (Phi) is 15.8. The number of nitrogens with zero attached hydrogens (tertiary/aromatic N) is 1. The lowest BCUT2D eigenvalue weighted by Crippen LogP contribution is -2.59. The number of Topliss-reactive ketones (excluding diaryl/α,β-unsaturated/α-hetero) is 1. The van der Waals surface area contributed by atoms with Gasteiger partial charge in [0.25, 0.3) is 0 Å². The van der Waals surface area contributed by atoms with Gasteiger partial charge in [-0.2, -0.15) is 0 Å². The number of carbonyl (C=O) groups excluding carboxylic acids is 6. The van der Waals surface area contributed by atoms with Crippen molar-refractivity contribution in [2.24, 2.45) is 11.8 Å². The summed E-state index contributed by atoms with van der Waals surface area (Å²) in [7, 11) is 0. The third kappa shape index (κ3) is 13.8. The molecule has 50 heavy (non-hydrogen) atoms. The first kappa shape index (κ1) is 40.6. The van der Waals surface area contributed by atoms with E-state index in [-0.39, 0.29) is 43.1 Å². The number of amides is 4. The molecule has 0 radical (unpaired) electrons. The number of ether oxygens (including phenoxy) is 2. The van der Waals surface area contributed by atoms with E-state index in [9.17, 15) is 28.8 Å². The molecule has 0 spiro atoms. The summed E-state index contributed by atoms with van der Waals surface area (Å²) >= 11 is 0. The van der Waals surface area contributed by atoms with Gasteiger partial charge in [-0.15, -0.1) is 0 Å². The first-order valence-corrected chi connectivity index (χ1v) is 17.9. The van der Waals surface area contributed by atoms with E-state index in [1.807, 2.05) is 62.9 Å². The number of hydrogen-bond donors (Lipinski definition) is 4. The third-order valence-electron chi connectivity index (χ3n) is 8.88. The van der Waals surface area contributed by atoms with Crippen LogP contribution in [0.5, 0.6) is 0 Å². The summed E-state index contributed by atoms with van der Waals surface area (Å²) in [4.78, 5) is 81.3. The standard InChI is InChI=1S/C37H57N5O8/c1-24(2)19-29(33(45)37(6)23-50-37)39-36(48)31(22-49-32(44)21-42-17-11-8-12-18-42)41-35(47)30(20-25(3)4)40-34(46)28(38-26(5)43)16-15-27-13-9-7-10-14-27/h7,9-10,13-14,24-25,28-31H,8,11-12,15-23H2,1-6H3,(H,38,43)(H,39,48)(H,40,46)(H,41,47)/t28-,29-,30-,31-,37+/m0/s1. The predicted octanol–water partition coefficient (Wildman–Crippen LogP) is 2.06. The van der Waals surface area contributed by atoms with Gasteiger partial charge in [0.2, 0.25) is 23.6 Å². The van der Waals surface area contributed by atoms with Gasteiger partial charge in [-0.3, -0.25) is 33.7 Å². The van der Waals surface area contributed by atoms with Crippen molar-refractivity contribution in [2.45, 2.75) is 116 Å². The molecule has 0 unspecified atom stereocenters. The second-order valence-corrected chi connectivity index (χ2v) is 14.6. The normalized spacial score (nSPS) is 19.8. The molecule has 1 aromatic rings. The molecular formula is C37H57N5O8. The summed E-state index contributed by atoms with van der Waals surface area (Å²) in [5, 5.41) is 10.9. The molecular weight excluding hydrogens is 642 g/mol. The van der Waals surface area contributed by atoms with E-state index in [0.29, 0.717) is 19.3 Å². The second-order valence-electron chi connectivity index (χ2n) is 14.6. The molecule has 4 amide bonds. The maximum Gasteiger partial charge on any atom is 0.320 e. The van der Waals surface area contributed by atoms with Crippen molar-refractivity contribution in [3.63, 3.8) is 0 Å². The number of aryl methyl sites for hydroxylation is 1. The van der Waals surface area contributed by atoms with Crippen LogP contribution in [0, 0.1) is 11.8 Å². The van der Waals surface area contributed by atoms with Crippen LogP contribution in [-0.4, -0.2) is 103 Å². The van der Waals surface area contributed by atoms with Gasteiger partial charge in [0.05, 0.1) is 19.2 Å². The summed E-state index contributed by atoms with van der Waals surface area (Å²) in [6.45, 7) is 12.0. The summed E-state index contributed by atoms with van der Waals surface area (Å²) in [6, 6.07) is 5.34. The molecule has 5 atom stereocenters. The second kappa shape index (κ2) is 19.5. The Hall–Kier alpha value is -3.84. The van der Waals surface area contributed by atoms with Crippen LogP contribution in [0.1, 0.15) is 85.6 Å². The van der Waals surface area contributed by atoms with E-state index >= 15 is 0 Å². The van der Waals surface area contributed by atoms with Crippen molar-refractivity contribution >= 4 is 35.4 Å². The van der Waals surface area contributed by atoms with Crippen LogP contribution in [0.25, 0.3) is 0 Å². The Morgan fingerprint density at radius 2 is 1.32 bits per heavy atom. The van der Waals surface area contributed by atoms with E-state index in [0.717, 1.165) is 37.9 Å². The number of hydrogen-bond acceptors (Lipinski definition) is 9. The third-order valence-corrected chi connectivity index (χ3v) is 8.88. The van der Waals surface area contributed by atoms with Gasteiger partial charge in [-0.1, -0.05) is 64.4 Å². The predicted molar refractivity (Wildman–Crippen MR) is 188 cm³/mol. The minimum atomic E-state index is -1.35. The number of esters is 1. The van der Waals surface area contributed by atoms with Crippen LogP contribution in [0.3, 0.4) is 0 Å². The summed E-state index contributed by atoms with van der Waals surface area (Å²) in [5.41, 5.74) is 0.0108. The Bertz CT molecular complexity index is 1310. The maximum absolute atomic E-state index is 13.9. The van der Waals surface area contributed by atoms with E-state index in [1.54, 1.807) is 6.92 Å². The average Bonchev–Trinajstić information content (AvgIpc) is 3.82. The lowest BCUT2D eigenvalue weighted by molar-refractivity contribution is -0.148. The van der Waals surface area contributed by atoms with Crippen LogP contribution in [-0.2, 0) is 44.7 Å². The summed E-state index contributed by atoms with van der Waals surface area (Å²) in [5.74, 6) is -3.04. The highest BCUT2D eigenvalue weighted by Crippen LogP contribution is 2.29. The fourth-order valence-electron chi connectivity index (χ4n) is 6.02. The number of rotatable bonds is 20. The van der Waals surface area contributed by atoms with Gasteiger partial charge in [0.1, 0.15) is 30.3 Å². The molecule has 13 nitrogen and oxygen atoms in total. The average molecular weight is 700 g/mol. The Balaban J connectivity index is 1.77. The Morgan fingerprint density at radius 1 is 0.780 bits per heavy atom. The van der Waals surface area contributed by atoms with Gasteiger partial charge < -0.3 is 30.7 Å². The molecule has 0 aromatic heterocycles. The minimum Gasteiger partial charge on any atom is -0.462 e. The first-order chi connectivity index (χ1) is 23.7. The molecule has 2 fully saturated rings. The van der Waals surface area contributed by atoms with Crippen molar-refractivity contribution < 1.29 is 38.2 Å². The molecule has 3 rings (SSSR count). The highest BCUT2D eigenvalue weighted by atomic mass is 16.6. The number of epoxide rings is 1. The number of nitrogens with one attached hydrogen (secondary N) is 4. The van der Waals surface area contributed by atoms with Crippen molar-refractivity contribution in [1.29, 1.82) is 0 Å². The number of carbonyl (C=O) groups is 6. The van der Waals surface area contributed by atoms with Crippen molar-refractivity contribution in [1.82, 2.24) is 26.2 Å². The fourth-order valence-corrected chi connectivity index (χ4v) is 6.02. The molecule has 1 aromatic carbocycles. The lowest BCUT2D eigenvalue weighted by Gasteiger charge is -2.28. The smallest absolute Gasteiger partial charge is 0.320 e. The van der Waals surface area contributed by atoms with E-state index in [1.165, 1.54) is 6.92 Å². The van der Waals surface area contributed by atoms with Crippen LogP contribution >= 0.6 is 0 Å². The number of piperidine rings is 1. The molecule has 2 aliphatic rings. The molecule has 0 aliphatic carbocycles. The summed E-state index contributed by atoms with van der Waals surface area (Å²) in [6.07, 6.45) is 4.48. The van der Waals surface area contributed by atoms with Gasteiger partial charge in [-0.05, 0) is 75.9 Å². The number of benzene rings is 1. The van der Waals surface area contributed by atoms with E-state index in [4.69, 9.17) is 9.47 Å². The Labute approximate surface area is 296 Å². The Morgan fingerprint density at radius 3 is 1.90 bits per heavy atom. The van der Waals surface area contributed by atoms with Crippen molar-refractivity contribution in [3.05, 3.63) is 35.9 Å². The molecule has 2 saturated heterocycles. The maximum atomic E-state index is 13.9. The van der Waals surface area contributed by atoms with E-state index in [2.05, 4.69) is 21.3 Å². The highest BCUT2D eigenvalue weighted by Gasteiger charge is 2.50. The zero-order valence-corrected chi connectivity index (χ0v) is 30.5. The lowest BCUT2D eigenvalue weighted by atomic mass is 9.93.